The third-order valence-corrected chi connectivity index (χ3v) is 1.81. The van der Waals surface area contributed by atoms with Crippen molar-refractivity contribution < 1.29 is 4.79 Å². The highest BCUT2D eigenvalue weighted by molar-refractivity contribution is 5.97. The van der Waals surface area contributed by atoms with Crippen LogP contribution < -0.4 is 11.1 Å². The quantitative estimate of drug-likeness (QED) is 0.595. The molecule has 1 aromatic rings. The SMILES string of the molecule is C#CC(CC)NC(=O)c1[nH]ncc1N. The van der Waals surface area contributed by atoms with Crippen LogP contribution in [0.5, 0.6) is 0 Å². The summed E-state index contributed by atoms with van der Waals surface area (Å²) in [6.07, 6.45) is 7.26. The lowest BCUT2D eigenvalue weighted by Crippen LogP contribution is -2.33. The maximum Gasteiger partial charge on any atom is 0.272 e. The normalized spacial score (nSPS) is 11.7. The molecule has 1 unspecified atom stereocenters. The molecular formula is C9H12N4O. The van der Waals surface area contributed by atoms with Gasteiger partial charge in [0, 0.05) is 0 Å². The van der Waals surface area contributed by atoms with E-state index in [9.17, 15) is 4.79 Å². The van der Waals surface area contributed by atoms with Crippen molar-refractivity contribution in [3.05, 3.63) is 11.9 Å². The van der Waals surface area contributed by atoms with E-state index in [0.717, 1.165) is 0 Å². The summed E-state index contributed by atoms with van der Waals surface area (Å²) >= 11 is 0. The van der Waals surface area contributed by atoms with E-state index in [1.807, 2.05) is 6.92 Å². The van der Waals surface area contributed by atoms with Crippen molar-refractivity contribution in [1.82, 2.24) is 15.5 Å². The number of nitrogens with two attached hydrogens (primary N) is 1. The lowest BCUT2D eigenvalue weighted by molar-refractivity contribution is 0.0941. The fourth-order valence-corrected chi connectivity index (χ4v) is 0.969. The van der Waals surface area contributed by atoms with Crippen LogP contribution in [0.1, 0.15) is 23.8 Å². The number of nitrogens with zero attached hydrogens (tertiary/aromatic N) is 1. The Morgan fingerprint density at radius 2 is 2.64 bits per heavy atom. The molecule has 1 rings (SSSR count). The van der Waals surface area contributed by atoms with E-state index >= 15 is 0 Å². The number of hydrogen-bond donors (Lipinski definition) is 3. The second kappa shape index (κ2) is 4.33. The summed E-state index contributed by atoms with van der Waals surface area (Å²) in [7, 11) is 0. The van der Waals surface area contributed by atoms with Crippen molar-refractivity contribution in [2.24, 2.45) is 0 Å². The van der Waals surface area contributed by atoms with Crippen LogP contribution in [0.2, 0.25) is 0 Å². The van der Waals surface area contributed by atoms with Crippen LogP contribution >= 0.6 is 0 Å². The van der Waals surface area contributed by atoms with Gasteiger partial charge in [-0.1, -0.05) is 12.8 Å². The highest BCUT2D eigenvalue weighted by atomic mass is 16.2. The van der Waals surface area contributed by atoms with Crippen LogP contribution in [0, 0.1) is 12.3 Å². The largest absolute Gasteiger partial charge is 0.396 e. The van der Waals surface area contributed by atoms with E-state index in [0.29, 0.717) is 12.1 Å². The van der Waals surface area contributed by atoms with Gasteiger partial charge in [-0.2, -0.15) is 5.10 Å². The van der Waals surface area contributed by atoms with Crippen molar-refractivity contribution in [2.75, 3.05) is 5.73 Å². The molecule has 74 valence electrons. The maximum atomic E-state index is 11.5. The molecule has 0 bridgehead atoms. The predicted octanol–water partition coefficient (Wildman–Crippen LogP) is 0.133. The van der Waals surface area contributed by atoms with Gasteiger partial charge in [0.05, 0.1) is 17.9 Å². The summed E-state index contributed by atoms with van der Waals surface area (Å²) < 4.78 is 0. The molecule has 0 radical (unpaired) electrons. The van der Waals surface area contributed by atoms with E-state index in [2.05, 4.69) is 21.4 Å². The van der Waals surface area contributed by atoms with Gasteiger partial charge in [-0.05, 0) is 6.42 Å². The summed E-state index contributed by atoms with van der Waals surface area (Å²) in [6, 6.07) is -0.273. The smallest absolute Gasteiger partial charge is 0.272 e. The molecule has 0 saturated heterocycles. The molecule has 0 aromatic carbocycles. The third-order valence-electron chi connectivity index (χ3n) is 1.81. The average molecular weight is 192 g/mol. The highest BCUT2D eigenvalue weighted by Crippen LogP contribution is 2.05. The molecule has 1 atom stereocenters. The minimum absolute atomic E-state index is 0.249. The molecule has 1 heterocycles. The Morgan fingerprint density at radius 1 is 1.93 bits per heavy atom. The van der Waals surface area contributed by atoms with Crippen LogP contribution in [-0.2, 0) is 0 Å². The predicted molar refractivity (Wildman–Crippen MR) is 53.4 cm³/mol. The molecule has 0 aliphatic carbocycles. The lowest BCUT2D eigenvalue weighted by Gasteiger charge is -2.09. The number of carbonyl (C=O) groups is 1. The average Bonchev–Trinajstić information content (AvgIpc) is 2.60. The molecule has 5 nitrogen and oxygen atoms in total. The van der Waals surface area contributed by atoms with Crippen molar-refractivity contribution >= 4 is 11.6 Å². The molecule has 14 heavy (non-hydrogen) atoms. The zero-order chi connectivity index (χ0) is 10.6. The van der Waals surface area contributed by atoms with Gasteiger partial charge in [0.2, 0.25) is 0 Å². The lowest BCUT2D eigenvalue weighted by atomic mass is 10.2. The van der Waals surface area contributed by atoms with Crippen molar-refractivity contribution in [3.8, 4) is 12.3 Å². The zero-order valence-corrected chi connectivity index (χ0v) is 7.87. The topological polar surface area (TPSA) is 83.8 Å². The Labute approximate surface area is 82.1 Å². The van der Waals surface area contributed by atoms with E-state index < -0.39 is 0 Å². The van der Waals surface area contributed by atoms with Gasteiger partial charge in [-0.15, -0.1) is 6.42 Å². The molecular weight excluding hydrogens is 180 g/mol. The molecule has 5 heteroatoms. The van der Waals surface area contributed by atoms with Crippen LogP contribution in [0.15, 0.2) is 6.20 Å². The standard InChI is InChI=1S/C9H12N4O/c1-3-6(4-2)12-9(14)8-7(10)5-11-13-8/h1,5-6H,4,10H2,2H3,(H,11,13)(H,12,14). The first kappa shape index (κ1) is 10.1. The van der Waals surface area contributed by atoms with Gasteiger partial charge in [-0.25, -0.2) is 0 Å². The summed E-state index contributed by atoms with van der Waals surface area (Å²) in [4.78, 5) is 11.5. The number of terminal acetylenes is 1. The second-order valence-corrected chi connectivity index (χ2v) is 2.80. The number of nitrogens with one attached hydrogen (secondary N) is 2. The third kappa shape index (κ3) is 2.04. The zero-order valence-electron chi connectivity index (χ0n) is 7.87. The van der Waals surface area contributed by atoms with Gasteiger partial charge in [0.1, 0.15) is 5.69 Å². The number of anilines is 1. The first-order valence-corrected chi connectivity index (χ1v) is 4.24. The molecule has 1 amide bonds. The van der Waals surface area contributed by atoms with Gasteiger partial charge in [-0.3, -0.25) is 9.89 Å². The van der Waals surface area contributed by atoms with Crippen molar-refractivity contribution in [3.63, 3.8) is 0 Å². The van der Waals surface area contributed by atoms with E-state index in [1.54, 1.807) is 0 Å². The number of rotatable bonds is 3. The van der Waals surface area contributed by atoms with Gasteiger partial charge >= 0.3 is 0 Å². The summed E-state index contributed by atoms with van der Waals surface area (Å²) in [5, 5.41) is 8.78. The highest BCUT2D eigenvalue weighted by Gasteiger charge is 2.13. The summed E-state index contributed by atoms with van der Waals surface area (Å²) in [5.74, 6) is 2.13. The summed E-state index contributed by atoms with van der Waals surface area (Å²) in [6.45, 7) is 1.89. The van der Waals surface area contributed by atoms with Gasteiger partial charge in [0.25, 0.3) is 5.91 Å². The number of amides is 1. The molecule has 0 saturated carbocycles. The molecule has 0 fully saturated rings. The van der Waals surface area contributed by atoms with Crippen LogP contribution in [0.3, 0.4) is 0 Å². The van der Waals surface area contributed by atoms with E-state index in [4.69, 9.17) is 12.2 Å². The monoisotopic (exact) mass is 192 g/mol. The van der Waals surface area contributed by atoms with Crippen molar-refractivity contribution in [2.45, 2.75) is 19.4 Å². The minimum Gasteiger partial charge on any atom is -0.396 e. The van der Waals surface area contributed by atoms with Crippen LogP contribution in [0.4, 0.5) is 5.69 Å². The van der Waals surface area contributed by atoms with Crippen LogP contribution in [0.25, 0.3) is 0 Å². The maximum absolute atomic E-state index is 11.5. The molecule has 4 N–H and O–H groups in total. The minimum atomic E-state index is -0.329. The first-order chi connectivity index (χ1) is 6.69. The Morgan fingerprint density at radius 3 is 3.07 bits per heavy atom. The number of aromatic nitrogens is 2. The van der Waals surface area contributed by atoms with E-state index in [1.165, 1.54) is 6.20 Å². The fraction of sp³-hybridized carbons (Fsp3) is 0.333. The number of H-pyrrole nitrogens is 1. The molecule has 0 spiro atoms. The van der Waals surface area contributed by atoms with E-state index in [-0.39, 0.29) is 17.6 Å². The number of carbonyl (C=O) groups excluding carboxylic acids is 1. The van der Waals surface area contributed by atoms with Gasteiger partial charge < -0.3 is 11.1 Å². The van der Waals surface area contributed by atoms with Gasteiger partial charge in [0.15, 0.2) is 0 Å². The molecule has 0 aliphatic rings. The molecule has 0 aliphatic heterocycles. The number of hydrogen-bond acceptors (Lipinski definition) is 3. The Hall–Kier alpha value is -1.96. The number of aromatic amines is 1. The van der Waals surface area contributed by atoms with Crippen LogP contribution in [-0.4, -0.2) is 22.1 Å². The Balaban J connectivity index is 2.69. The fourth-order valence-electron chi connectivity index (χ4n) is 0.969. The van der Waals surface area contributed by atoms with Crippen molar-refractivity contribution in [1.29, 1.82) is 0 Å². The summed E-state index contributed by atoms with van der Waals surface area (Å²) in [5.41, 5.74) is 6.06. The Bertz CT molecular complexity index is 363. The second-order valence-electron chi connectivity index (χ2n) is 2.80. The Kier molecular flexibility index (Phi) is 3.13. The molecule has 1 aromatic heterocycles. The number of nitrogen functional groups attached to an aromatic ring is 1. The first-order valence-electron chi connectivity index (χ1n) is 4.24.